The van der Waals surface area contributed by atoms with Gasteiger partial charge < -0.3 is 16.2 Å². The van der Waals surface area contributed by atoms with Crippen LogP contribution in [0.4, 0.5) is 10.1 Å². The second kappa shape index (κ2) is 5.82. The second-order valence-corrected chi connectivity index (χ2v) is 4.19. The molecular formula is C12H19FN2O. The molecule has 0 bridgehead atoms. The highest BCUT2D eigenvalue weighted by molar-refractivity contribution is 5.46. The first-order chi connectivity index (χ1) is 7.58. The van der Waals surface area contributed by atoms with Crippen molar-refractivity contribution in [3.8, 4) is 0 Å². The van der Waals surface area contributed by atoms with Gasteiger partial charge in [-0.3, -0.25) is 0 Å². The maximum Gasteiger partial charge on any atom is 0.129 e. The zero-order chi connectivity index (χ0) is 12.1. The number of hydrogen-bond donors (Lipinski definition) is 3. The van der Waals surface area contributed by atoms with Crippen molar-refractivity contribution in [1.82, 2.24) is 0 Å². The van der Waals surface area contributed by atoms with Gasteiger partial charge in [0.2, 0.25) is 0 Å². The molecule has 0 amide bonds. The van der Waals surface area contributed by atoms with E-state index in [4.69, 9.17) is 10.8 Å². The van der Waals surface area contributed by atoms with Crippen LogP contribution in [0.2, 0.25) is 0 Å². The van der Waals surface area contributed by atoms with Crippen LogP contribution in [0.25, 0.3) is 0 Å². The summed E-state index contributed by atoms with van der Waals surface area (Å²) in [6, 6.07) is 4.78. The SMILES string of the molecule is CC(C)[C@@H](CO)Nc1ccc(CN)c(F)c1. The van der Waals surface area contributed by atoms with Crippen LogP contribution in [0.3, 0.4) is 0 Å². The highest BCUT2D eigenvalue weighted by atomic mass is 19.1. The van der Waals surface area contributed by atoms with Crippen molar-refractivity contribution in [1.29, 1.82) is 0 Å². The first kappa shape index (κ1) is 12.9. The first-order valence-corrected chi connectivity index (χ1v) is 5.44. The number of aliphatic hydroxyl groups is 1. The van der Waals surface area contributed by atoms with E-state index in [9.17, 15) is 4.39 Å². The largest absolute Gasteiger partial charge is 0.394 e. The van der Waals surface area contributed by atoms with Crippen LogP contribution in [0.15, 0.2) is 18.2 Å². The summed E-state index contributed by atoms with van der Waals surface area (Å²) < 4.78 is 13.4. The Morgan fingerprint density at radius 3 is 2.56 bits per heavy atom. The van der Waals surface area contributed by atoms with Gasteiger partial charge in [-0.15, -0.1) is 0 Å². The fraction of sp³-hybridized carbons (Fsp3) is 0.500. The van der Waals surface area contributed by atoms with Crippen molar-refractivity contribution in [3.05, 3.63) is 29.6 Å². The van der Waals surface area contributed by atoms with Crippen molar-refractivity contribution in [2.75, 3.05) is 11.9 Å². The molecule has 0 spiro atoms. The van der Waals surface area contributed by atoms with Gasteiger partial charge in [-0.2, -0.15) is 0 Å². The molecule has 4 heteroatoms. The smallest absolute Gasteiger partial charge is 0.129 e. The third-order valence-corrected chi connectivity index (χ3v) is 2.63. The van der Waals surface area contributed by atoms with Gasteiger partial charge in [0.1, 0.15) is 5.82 Å². The van der Waals surface area contributed by atoms with E-state index < -0.39 is 0 Å². The minimum Gasteiger partial charge on any atom is -0.394 e. The van der Waals surface area contributed by atoms with Crippen LogP contribution in [-0.2, 0) is 6.54 Å². The molecule has 4 N–H and O–H groups in total. The second-order valence-electron chi connectivity index (χ2n) is 4.19. The highest BCUT2D eigenvalue weighted by Gasteiger charge is 2.12. The van der Waals surface area contributed by atoms with Crippen molar-refractivity contribution >= 4 is 5.69 Å². The highest BCUT2D eigenvalue weighted by Crippen LogP contribution is 2.16. The van der Waals surface area contributed by atoms with Crippen LogP contribution in [0.1, 0.15) is 19.4 Å². The number of rotatable bonds is 5. The molecule has 1 rings (SSSR count). The van der Waals surface area contributed by atoms with Gasteiger partial charge in [0.25, 0.3) is 0 Å². The molecular weight excluding hydrogens is 207 g/mol. The van der Waals surface area contributed by atoms with E-state index in [1.54, 1.807) is 12.1 Å². The summed E-state index contributed by atoms with van der Waals surface area (Å²) >= 11 is 0. The van der Waals surface area contributed by atoms with E-state index in [-0.39, 0.29) is 30.9 Å². The van der Waals surface area contributed by atoms with Crippen LogP contribution in [-0.4, -0.2) is 17.8 Å². The lowest BCUT2D eigenvalue weighted by Crippen LogP contribution is -2.29. The fourth-order valence-electron chi connectivity index (χ4n) is 1.44. The number of aliphatic hydroxyl groups excluding tert-OH is 1. The molecule has 16 heavy (non-hydrogen) atoms. The van der Waals surface area contributed by atoms with Gasteiger partial charge in [-0.05, 0) is 18.1 Å². The van der Waals surface area contributed by atoms with E-state index in [1.165, 1.54) is 6.07 Å². The Kier molecular flexibility index (Phi) is 4.71. The Morgan fingerprint density at radius 2 is 2.12 bits per heavy atom. The standard InChI is InChI=1S/C12H19FN2O/c1-8(2)12(7-16)15-10-4-3-9(6-14)11(13)5-10/h3-5,8,12,15-16H,6-7,14H2,1-2H3/t12-/m1/s1. The Hall–Kier alpha value is -1.13. The van der Waals surface area contributed by atoms with Crippen molar-refractivity contribution in [3.63, 3.8) is 0 Å². The summed E-state index contributed by atoms with van der Waals surface area (Å²) in [6.45, 7) is 4.22. The molecule has 0 saturated heterocycles. The van der Waals surface area contributed by atoms with Crippen molar-refractivity contribution < 1.29 is 9.50 Å². The molecule has 90 valence electrons. The molecule has 0 aliphatic rings. The Morgan fingerprint density at radius 1 is 1.44 bits per heavy atom. The lowest BCUT2D eigenvalue weighted by molar-refractivity contribution is 0.249. The predicted octanol–water partition coefficient (Wildman–Crippen LogP) is 1.71. The van der Waals surface area contributed by atoms with Crippen molar-refractivity contribution in [2.45, 2.75) is 26.4 Å². The number of nitrogens with one attached hydrogen (secondary N) is 1. The Balaban J connectivity index is 2.78. The quantitative estimate of drug-likeness (QED) is 0.716. The minimum atomic E-state index is -0.312. The van der Waals surface area contributed by atoms with Gasteiger partial charge in [-0.1, -0.05) is 19.9 Å². The normalized spacial score (nSPS) is 12.9. The Labute approximate surface area is 95.5 Å². The summed E-state index contributed by atoms with van der Waals surface area (Å²) in [5.74, 6) is -0.0322. The molecule has 1 atom stereocenters. The number of halogens is 1. The van der Waals surface area contributed by atoms with Gasteiger partial charge in [0.05, 0.1) is 12.6 Å². The van der Waals surface area contributed by atoms with Crippen LogP contribution < -0.4 is 11.1 Å². The minimum absolute atomic E-state index is 0.0257. The summed E-state index contributed by atoms with van der Waals surface area (Å²) in [7, 11) is 0. The summed E-state index contributed by atoms with van der Waals surface area (Å²) in [6.07, 6.45) is 0. The first-order valence-electron chi connectivity index (χ1n) is 5.44. The number of nitrogens with two attached hydrogens (primary N) is 1. The van der Waals surface area contributed by atoms with Crippen LogP contribution >= 0.6 is 0 Å². The Bertz CT molecular complexity index is 342. The van der Waals surface area contributed by atoms with E-state index in [2.05, 4.69) is 5.32 Å². The zero-order valence-electron chi connectivity index (χ0n) is 9.70. The number of hydrogen-bond acceptors (Lipinski definition) is 3. The average molecular weight is 226 g/mol. The van der Waals surface area contributed by atoms with Crippen LogP contribution in [0, 0.1) is 11.7 Å². The molecule has 0 radical (unpaired) electrons. The fourth-order valence-corrected chi connectivity index (χ4v) is 1.44. The zero-order valence-corrected chi connectivity index (χ0v) is 9.70. The van der Waals surface area contributed by atoms with E-state index in [0.717, 1.165) is 0 Å². The van der Waals surface area contributed by atoms with Crippen molar-refractivity contribution in [2.24, 2.45) is 11.7 Å². The average Bonchev–Trinajstić information content (AvgIpc) is 2.25. The van der Waals surface area contributed by atoms with Gasteiger partial charge in [0.15, 0.2) is 0 Å². The third-order valence-electron chi connectivity index (χ3n) is 2.63. The van der Waals surface area contributed by atoms with E-state index in [0.29, 0.717) is 11.3 Å². The molecule has 1 aromatic carbocycles. The lowest BCUT2D eigenvalue weighted by Gasteiger charge is -2.21. The van der Waals surface area contributed by atoms with Gasteiger partial charge in [-0.25, -0.2) is 4.39 Å². The number of benzene rings is 1. The van der Waals surface area contributed by atoms with E-state index in [1.807, 2.05) is 13.8 Å². The molecule has 0 unspecified atom stereocenters. The summed E-state index contributed by atoms with van der Waals surface area (Å²) in [5.41, 5.74) is 6.54. The molecule has 0 saturated carbocycles. The maximum absolute atomic E-state index is 13.4. The monoisotopic (exact) mass is 226 g/mol. The topological polar surface area (TPSA) is 58.3 Å². The molecule has 1 aromatic rings. The molecule has 0 heterocycles. The summed E-state index contributed by atoms with van der Waals surface area (Å²) in [5, 5.41) is 12.2. The van der Waals surface area contributed by atoms with Gasteiger partial charge >= 0.3 is 0 Å². The summed E-state index contributed by atoms with van der Waals surface area (Å²) in [4.78, 5) is 0. The van der Waals surface area contributed by atoms with Gasteiger partial charge in [0, 0.05) is 17.8 Å². The molecule has 0 aliphatic carbocycles. The molecule has 3 nitrogen and oxygen atoms in total. The maximum atomic E-state index is 13.4. The molecule has 0 fully saturated rings. The van der Waals surface area contributed by atoms with E-state index >= 15 is 0 Å². The number of anilines is 1. The predicted molar refractivity (Wildman–Crippen MR) is 63.6 cm³/mol. The van der Waals surface area contributed by atoms with Crippen LogP contribution in [0.5, 0.6) is 0 Å². The third kappa shape index (κ3) is 3.18. The molecule has 0 aromatic heterocycles. The molecule has 0 aliphatic heterocycles. The lowest BCUT2D eigenvalue weighted by atomic mass is 10.0.